The second kappa shape index (κ2) is 9.94. The van der Waals surface area contributed by atoms with E-state index in [-0.39, 0.29) is 12.2 Å². The highest BCUT2D eigenvalue weighted by atomic mass is 79.9. The molecule has 0 saturated carbocycles. The summed E-state index contributed by atoms with van der Waals surface area (Å²) in [6, 6.07) is 7.79. The van der Waals surface area contributed by atoms with Gasteiger partial charge in [-0.05, 0) is 83.8 Å². The van der Waals surface area contributed by atoms with Gasteiger partial charge in [-0.15, -0.1) is 0 Å². The van der Waals surface area contributed by atoms with Crippen LogP contribution in [0.25, 0.3) is 0 Å². The van der Waals surface area contributed by atoms with Crippen molar-refractivity contribution in [3.05, 3.63) is 33.2 Å². The third-order valence-corrected chi connectivity index (χ3v) is 6.33. The maximum Gasteiger partial charge on any atom is 0.162 e. The minimum absolute atomic E-state index is 0.0659. The van der Waals surface area contributed by atoms with Crippen LogP contribution in [0.3, 0.4) is 0 Å². The van der Waals surface area contributed by atoms with Gasteiger partial charge in [-0.1, -0.05) is 11.8 Å². The summed E-state index contributed by atoms with van der Waals surface area (Å²) in [5.41, 5.74) is 0. The van der Waals surface area contributed by atoms with Crippen molar-refractivity contribution in [2.45, 2.75) is 49.7 Å². The summed E-state index contributed by atoms with van der Waals surface area (Å²) in [4.78, 5) is 2.01. The first-order valence-electron chi connectivity index (χ1n) is 8.51. The zero-order valence-electron chi connectivity index (χ0n) is 16.3. The zero-order chi connectivity index (χ0) is 20.1. The molecule has 7 heteroatoms. The standard InChI is InChI=1S/C20H24Br2O4S/c1-11(2)25-17-7-13(21)19(9-15(17)23-5)27-20-10-16(24-6)18(8-14(20)22)26-12(3)4/h7-12H,1-6H3. The molecule has 0 radical (unpaired) electrons. The molecular weight excluding hydrogens is 496 g/mol. The van der Waals surface area contributed by atoms with Gasteiger partial charge in [-0.2, -0.15) is 0 Å². The molecule has 0 amide bonds. The maximum absolute atomic E-state index is 5.83. The van der Waals surface area contributed by atoms with Crippen LogP contribution in [0.2, 0.25) is 0 Å². The van der Waals surface area contributed by atoms with E-state index in [1.807, 2.05) is 52.0 Å². The molecule has 0 aliphatic carbocycles. The summed E-state index contributed by atoms with van der Waals surface area (Å²) in [5.74, 6) is 2.80. The summed E-state index contributed by atoms with van der Waals surface area (Å²) < 4.78 is 24.5. The van der Waals surface area contributed by atoms with Crippen LogP contribution in [-0.4, -0.2) is 26.4 Å². The van der Waals surface area contributed by atoms with Crippen LogP contribution in [0.15, 0.2) is 43.0 Å². The number of halogens is 2. The molecule has 0 aliphatic rings. The topological polar surface area (TPSA) is 36.9 Å². The molecule has 0 fully saturated rings. The van der Waals surface area contributed by atoms with E-state index in [0.717, 1.165) is 18.7 Å². The van der Waals surface area contributed by atoms with Gasteiger partial charge in [0.1, 0.15) is 0 Å². The van der Waals surface area contributed by atoms with Gasteiger partial charge >= 0.3 is 0 Å². The Labute approximate surface area is 182 Å². The van der Waals surface area contributed by atoms with Crippen molar-refractivity contribution in [3.8, 4) is 23.0 Å². The summed E-state index contributed by atoms with van der Waals surface area (Å²) in [5, 5.41) is 0. The average Bonchev–Trinajstić information content (AvgIpc) is 2.58. The Bertz CT molecular complexity index is 729. The van der Waals surface area contributed by atoms with Crippen LogP contribution in [0, 0.1) is 0 Å². The Hall–Kier alpha value is -1.05. The van der Waals surface area contributed by atoms with Crippen LogP contribution in [0.1, 0.15) is 27.7 Å². The fraction of sp³-hybridized carbons (Fsp3) is 0.400. The minimum atomic E-state index is 0.0659. The van der Waals surface area contributed by atoms with Crippen molar-refractivity contribution in [3.63, 3.8) is 0 Å². The fourth-order valence-corrected chi connectivity index (χ4v) is 4.33. The maximum atomic E-state index is 5.83. The van der Waals surface area contributed by atoms with E-state index >= 15 is 0 Å². The van der Waals surface area contributed by atoms with Gasteiger partial charge in [0.15, 0.2) is 23.0 Å². The lowest BCUT2D eigenvalue weighted by Gasteiger charge is -2.17. The van der Waals surface area contributed by atoms with Gasteiger partial charge in [0.05, 0.1) is 26.4 Å². The number of ether oxygens (including phenoxy) is 4. The minimum Gasteiger partial charge on any atom is -0.493 e. The number of hydrogen-bond acceptors (Lipinski definition) is 5. The van der Waals surface area contributed by atoms with Crippen LogP contribution >= 0.6 is 43.6 Å². The van der Waals surface area contributed by atoms with Crippen molar-refractivity contribution in [1.29, 1.82) is 0 Å². The van der Waals surface area contributed by atoms with Crippen LogP contribution in [0.4, 0.5) is 0 Å². The molecule has 0 bridgehead atoms. The molecule has 0 aliphatic heterocycles. The van der Waals surface area contributed by atoms with Crippen molar-refractivity contribution in [1.82, 2.24) is 0 Å². The van der Waals surface area contributed by atoms with E-state index in [0.29, 0.717) is 23.0 Å². The van der Waals surface area contributed by atoms with Crippen molar-refractivity contribution < 1.29 is 18.9 Å². The molecule has 2 aromatic rings. The second-order valence-electron chi connectivity index (χ2n) is 6.30. The average molecular weight is 520 g/mol. The largest absolute Gasteiger partial charge is 0.493 e. The van der Waals surface area contributed by atoms with Gasteiger partial charge in [0.25, 0.3) is 0 Å². The Kier molecular flexibility index (Phi) is 8.19. The zero-order valence-corrected chi connectivity index (χ0v) is 20.2. The Morgan fingerprint density at radius 2 is 1.04 bits per heavy atom. The normalized spacial score (nSPS) is 11.0. The van der Waals surface area contributed by atoms with E-state index in [1.165, 1.54) is 0 Å². The molecule has 27 heavy (non-hydrogen) atoms. The first kappa shape index (κ1) is 22.2. The Morgan fingerprint density at radius 1 is 0.667 bits per heavy atom. The molecule has 0 heterocycles. The van der Waals surface area contributed by atoms with E-state index < -0.39 is 0 Å². The molecule has 0 atom stereocenters. The lowest BCUT2D eigenvalue weighted by atomic mass is 10.3. The smallest absolute Gasteiger partial charge is 0.162 e. The summed E-state index contributed by atoms with van der Waals surface area (Å²) in [6.45, 7) is 7.95. The number of hydrogen-bond donors (Lipinski definition) is 0. The highest BCUT2D eigenvalue weighted by Crippen LogP contribution is 2.45. The predicted octanol–water partition coefficient (Wildman–Crippen LogP) is 6.95. The Morgan fingerprint density at radius 3 is 1.33 bits per heavy atom. The molecule has 0 N–H and O–H groups in total. The summed E-state index contributed by atoms with van der Waals surface area (Å²) in [6.07, 6.45) is 0.132. The van der Waals surface area contributed by atoms with Gasteiger partial charge in [0.2, 0.25) is 0 Å². The molecule has 0 unspecified atom stereocenters. The van der Waals surface area contributed by atoms with Gasteiger partial charge in [0, 0.05) is 18.7 Å². The number of benzene rings is 2. The SMILES string of the molecule is COc1cc(Sc2cc(OC)c(OC(C)C)cc2Br)c(Br)cc1OC(C)C. The van der Waals surface area contributed by atoms with Crippen molar-refractivity contribution in [2.75, 3.05) is 14.2 Å². The molecule has 0 saturated heterocycles. The van der Waals surface area contributed by atoms with Crippen molar-refractivity contribution in [2.24, 2.45) is 0 Å². The van der Waals surface area contributed by atoms with Gasteiger partial charge < -0.3 is 18.9 Å². The second-order valence-corrected chi connectivity index (χ2v) is 9.09. The summed E-state index contributed by atoms with van der Waals surface area (Å²) in [7, 11) is 3.28. The molecule has 0 aromatic heterocycles. The molecule has 2 rings (SSSR count). The lowest BCUT2D eigenvalue weighted by Crippen LogP contribution is -2.07. The number of rotatable bonds is 8. The monoisotopic (exact) mass is 518 g/mol. The quantitative estimate of drug-likeness (QED) is 0.377. The van der Waals surface area contributed by atoms with E-state index in [2.05, 4.69) is 31.9 Å². The van der Waals surface area contributed by atoms with Crippen LogP contribution in [-0.2, 0) is 0 Å². The molecule has 0 spiro atoms. The van der Waals surface area contributed by atoms with Gasteiger partial charge in [-0.3, -0.25) is 0 Å². The predicted molar refractivity (Wildman–Crippen MR) is 117 cm³/mol. The van der Waals surface area contributed by atoms with E-state index in [4.69, 9.17) is 18.9 Å². The number of methoxy groups -OCH3 is 2. The van der Waals surface area contributed by atoms with Gasteiger partial charge in [-0.25, -0.2) is 0 Å². The van der Waals surface area contributed by atoms with E-state index in [1.54, 1.807) is 26.0 Å². The molecule has 2 aromatic carbocycles. The fourth-order valence-electron chi connectivity index (χ4n) is 2.32. The van der Waals surface area contributed by atoms with Crippen LogP contribution < -0.4 is 18.9 Å². The first-order chi connectivity index (χ1) is 12.7. The third kappa shape index (κ3) is 5.96. The van der Waals surface area contributed by atoms with Crippen molar-refractivity contribution >= 4 is 43.6 Å². The summed E-state index contributed by atoms with van der Waals surface area (Å²) >= 11 is 8.87. The Balaban J connectivity index is 2.38. The lowest BCUT2D eigenvalue weighted by molar-refractivity contribution is 0.229. The van der Waals surface area contributed by atoms with E-state index in [9.17, 15) is 0 Å². The van der Waals surface area contributed by atoms with Crippen LogP contribution in [0.5, 0.6) is 23.0 Å². The third-order valence-electron chi connectivity index (χ3n) is 3.38. The highest BCUT2D eigenvalue weighted by molar-refractivity contribution is 9.11. The molecule has 148 valence electrons. The highest BCUT2D eigenvalue weighted by Gasteiger charge is 2.16. The first-order valence-corrected chi connectivity index (χ1v) is 10.9. The molecule has 4 nitrogen and oxygen atoms in total. The molecular formula is C20H24Br2O4S.